The van der Waals surface area contributed by atoms with Crippen molar-refractivity contribution >= 4 is 17.9 Å². The molecule has 0 spiro atoms. The van der Waals surface area contributed by atoms with Crippen LogP contribution in [0.25, 0.3) is 0 Å². The molecular formula is C17H20ClFN2O. The standard InChI is InChI=1S/C17H20ClFN2O/c1-17(2,3)7-13-11(8-20)15(14(9-22)21-13)10-5-4-6-12(18)16(10)19/h4-6,9,11,13-15,21H,7H2,1-3H3/t11?,13?,14-,15?/m0/s1. The summed E-state index contributed by atoms with van der Waals surface area (Å²) in [7, 11) is 0. The van der Waals surface area contributed by atoms with E-state index in [9.17, 15) is 14.4 Å². The number of nitriles is 1. The van der Waals surface area contributed by atoms with Crippen LogP contribution in [-0.2, 0) is 4.79 Å². The van der Waals surface area contributed by atoms with E-state index in [2.05, 4.69) is 32.2 Å². The number of halogens is 2. The Hall–Kier alpha value is -1.44. The van der Waals surface area contributed by atoms with Crippen molar-refractivity contribution < 1.29 is 9.18 Å². The molecule has 3 nitrogen and oxygen atoms in total. The summed E-state index contributed by atoms with van der Waals surface area (Å²) in [5.74, 6) is -1.53. The number of aldehydes is 1. The van der Waals surface area contributed by atoms with E-state index < -0.39 is 23.7 Å². The summed E-state index contributed by atoms with van der Waals surface area (Å²) in [5, 5.41) is 12.8. The van der Waals surface area contributed by atoms with Crippen molar-refractivity contribution in [2.45, 2.75) is 45.2 Å². The van der Waals surface area contributed by atoms with Gasteiger partial charge in [-0.25, -0.2) is 4.39 Å². The predicted octanol–water partition coefficient (Wildman–Crippen LogP) is 3.68. The molecule has 1 aromatic rings. The molecule has 118 valence electrons. The molecule has 1 aliphatic heterocycles. The molecule has 5 heteroatoms. The molecule has 0 aromatic heterocycles. The number of hydrogen-bond donors (Lipinski definition) is 1. The van der Waals surface area contributed by atoms with Crippen LogP contribution in [0, 0.1) is 28.5 Å². The molecule has 22 heavy (non-hydrogen) atoms. The molecule has 0 bridgehead atoms. The molecule has 1 heterocycles. The summed E-state index contributed by atoms with van der Waals surface area (Å²) < 4.78 is 14.4. The van der Waals surface area contributed by atoms with Crippen molar-refractivity contribution in [3.8, 4) is 6.07 Å². The second-order valence-electron chi connectivity index (χ2n) is 7.02. The number of rotatable bonds is 3. The number of benzene rings is 1. The molecule has 1 saturated heterocycles. The van der Waals surface area contributed by atoms with E-state index in [1.807, 2.05) is 0 Å². The third kappa shape index (κ3) is 3.31. The van der Waals surface area contributed by atoms with Crippen LogP contribution in [0.15, 0.2) is 18.2 Å². The van der Waals surface area contributed by atoms with Gasteiger partial charge in [-0.1, -0.05) is 44.5 Å². The van der Waals surface area contributed by atoms with Gasteiger partial charge in [-0.2, -0.15) is 5.26 Å². The summed E-state index contributed by atoms with van der Waals surface area (Å²) >= 11 is 5.85. The molecule has 1 fully saturated rings. The Kier molecular flexibility index (Phi) is 4.89. The maximum atomic E-state index is 14.4. The zero-order valence-electron chi connectivity index (χ0n) is 12.9. The van der Waals surface area contributed by atoms with Gasteiger partial charge in [0.15, 0.2) is 0 Å². The molecule has 1 aliphatic rings. The lowest BCUT2D eigenvalue weighted by molar-refractivity contribution is -0.109. The molecule has 1 N–H and O–H groups in total. The van der Waals surface area contributed by atoms with Crippen LogP contribution in [0.3, 0.4) is 0 Å². The Morgan fingerprint density at radius 1 is 1.45 bits per heavy atom. The van der Waals surface area contributed by atoms with Crippen molar-refractivity contribution in [3.63, 3.8) is 0 Å². The van der Waals surface area contributed by atoms with Crippen LogP contribution in [0.2, 0.25) is 5.02 Å². The van der Waals surface area contributed by atoms with E-state index in [0.717, 1.165) is 12.7 Å². The van der Waals surface area contributed by atoms with E-state index in [0.29, 0.717) is 5.56 Å². The Bertz CT molecular complexity index is 606. The van der Waals surface area contributed by atoms with Gasteiger partial charge < -0.3 is 10.1 Å². The summed E-state index contributed by atoms with van der Waals surface area (Å²) in [6.07, 6.45) is 1.49. The van der Waals surface area contributed by atoms with Gasteiger partial charge in [0.1, 0.15) is 12.1 Å². The van der Waals surface area contributed by atoms with Crippen LogP contribution in [-0.4, -0.2) is 18.4 Å². The van der Waals surface area contributed by atoms with E-state index in [1.54, 1.807) is 12.1 Å². The van der Waals surface area contributed by atoms with Gasteiger partial charge in [0, 0.05) is 12.0 Å². The largest absolute Gasteiger partial charge is 0.303 e. The number of carbonyl (C=O) groups is 1. The summed E-state index contributed by atoms with van der Waals surface area (Å²) in [4.78, 5) is 11.4. The molecule has 0 amide bonds. The maximum Gasteiger partial charge on any atom is 0.145 e. The SMILES string of the molecule is CC(C)(C)CC1N[C@@H](C=O)C(c2cccc(Cl)c2F)C1C#N. The van der Waals surface area contributed by atoms with E-state index in [4.69, 9.17) is 11.6 Å². The van der Waals surface area contributed by atoms with E-state index in [1.165, 1.54) is 6.07 Å². The lowest BCUT2D eigenvalue weighted by Gasteiger charge is -2.25. The smallest absolute Gasteiger partial charge is 0.145 e. The predicted molar refractivity (Wildman–Crippen MR) is 84.1 cm³/mol. The Labute approximate surface area is 135 Å². The van der Waals surface area contributed by atoms with Gasteiger partial charge in [-0.15, -0.1) is 0 Å². The maximum absolute atomic E-state index is 14.4. The van der Waals surface area contributed by atoms with E-state index in [-0.39, 0.29) is 16.5 Å². The van der Waals surface area contributed by atoms with Gasteiger partial charge in [-0.05, 0) is 23.5 Å². The third-order valence-corrected chi connectivity index (χ3v) is 4.37. The van der Waals surface area contributed by atoms with Crippen LogP contribution in [0.4, 0.5) is 4.39 Å². The molecular weight excluding hydrogens is 303 g/mol. The van der Waals surface area contributed by atoms with Gasteiger partial charge in [0.25, 0.3) is 0 Å². The normalized spacial score (nSPS) is 28.4. The fourth-order valence-corrected chi connectivity index (χ4v) is 3.41. The topological polar surface area (TPSA) is 52.9 Å². The van der Waals surface area contributed by atoms with Crippen molar-refractivity contribution in [2.75, 3.05) is 0 Å². The molecule has 0 aliphatic carbocycles. The summed E-state index contributed by atoms with van der Waals surface area (Å²) in [6, 6.07) is 6.25. The lowest BCUT2D eigenvalue weighted by atomic mass is 9.78. The average Bonchev–Trinajstić information content (AvgIpc) is 2.77. The zero-order chi connectivity index (χ0) is 16.5. The highest BCUT2D eigenvalue weighted by molar-refractivity contribution is 6.30. The second-order valence-corrected chi connectivity index (χ2v) is 7.43. The fraction of sp³-hybridized carbons (Fsp3) is 0.529. The molecule has 4 atom stereocenters. The van der Waals surface area contributed by atoms with Crippen LogP contribution >= 0.6 is 11.6 Å². The Morgan fingerprint density at radius 2 is 2.14 bits per heavy atom. The molecule has 1 aromatic carbocycles. The van der Waals surface area contributed by atoms with Crippen molar-refractivity contribution in [2.24, 2.45) is 11.3 Å². The summed E-state index contributed by atoms with van der Waals surface area (Å²) in [5.41, 5.74) is 0.335. The minimum absolute atomic E-state index is 0.00195. The minimum Gasteiger partial charge on any atom is -0.303 e. The minimum atomic E-state index is -0.579. The van der Waals surface area contributed by atoms with Gasteiger partial charge >= 0.3 is 0 Å². The fourth-order valence-electron chi connectivity index (χ4n) is 3.23. The van der Waals surface area contributed by atoms with Gasteiger partial charge in [0.2, 0.25) is 0 Å². The first-order valence-electron chi connectivity index (χ1n) is 7.33. The third-order valence-electron chi connectivity index (χ3n) is 4.08. The average molecular weight is 323 g/mol. The summed E-state index contributed by atoms with van der Waals surface area (Å²) in [6.45, 7) is 6.23. The molecule has 0 saturated carbocycles. The number of nitrogens with one attached hydrogen (secondary N) is 1. The van der Waals surface area contributed by atoms with E-state index >= 15 is 0 Å². The molecule has 3 unspecified atom stereocenters. The highest BCUT2D eigenvalue weighted by Gasteiger charge is 2.46. The highest BCUT2D eigenvalue weighted by Crippen LogP contribution is 2.41. The van der Waals surface area contributed by atoms with Crippen LogP contribution in [0.1, 0.15) is 38.7 Å². The van der Waals surface area contributed by atoms with Gasteiger partial charge in [0.05, 0.1) is 23.1 Å². The second kappa shape index (κ2) is 6.36. The lowest BCUT2D eigenvalue weighted by Crippen LogP contribution is -2.35. The first-order chi connectivity index (χ1) is 10.3. The molecule has 2 rings (SSSR count). The highest BCUT2D eigenvalue weighted by atomic mass is 35.5. The van der Waals surface area contributed by atoms with Crippen LogP contribution < -0.4 is 5.32 Å². The molecule has 0 radical (unpaired) electrons. The first kappa shape index (κ1) is 16.9. The Morgan fingerprint density at radius 3 is 2.68 bits per heavy atom. The number of nitrogens with zero attached hydrogens (tertiary/aromatic N) is 1. The Balaban J connectivity index is 2.42. The zero-order valence-corrected chi connectivity index (χ0v) is 13.7. The quantitative estimate of drug-likeness (QED) is 0.864. The monoisotopic (exact) mass is 322 g/mol. The number of carbonyl (C=O) groups excluding carboxylic acids is 1. The first-order valence-corrected chi connectivity index (χ1v) is 7.71. The van der Waals surface area contributed by atoms with Gasteiger partial charge in [-0.3, -0.25) is 0 Å². The van der Waals surface area contributed by atoms with Crippen molar-refractivity contribution in [1.82, 2.24) is 5.32 Å². The van der Waals surface area contributed by atoms with Crippen molar-refractivity contribution in [3.05, 3.63) is 34.6 Å². The van der Waals surface area contributed by atoms with Crippen LogP contribution in [0.5, 0.6) is 0 Å². The van der Waals surface area contributed by atoms with Crippen molar-refractivity contribution in [1.29, 1.82) is 5.26 Å². The number of hydrogen-bond acceptors (Lipinski definition) is 3.